The Labute approximate surface area is 172 Å². The molecule has 2 aromatic carbocycles. The highest BCUT2D eigenvalue weighted by Crippen LogP contribution is 2.24. The zero-order chi connectivity index (χ0) is 20.8. The van der Waals surface area contributed by atoms with Crippen molar-refractivity contribution in [1.29, 1.82) is 5.26 Å². The Kier molecular flexibility index (Phi) is 6.66. The zero-order valence-electron chi connectivity index (χ0n) is 17.4. The SMILES string of the molecule is CCCCc1nn(C(C)CC)c(=O)n1Cc1ccc(-c2ccccc2)c(C#N)c1. The molecule has 0 radical (unpaired) electrons. The predicted molar refractivity (Wildman–Crippen MR) is 116 cm³/mol. The van der Waals surface area contributed by atoms with Gasteiger partial charge < -0.3 is 0 Å². The molecular formula is C24H28N4O. The van der Waals surface area contributed by atoms with Crippen LogP contribution in [-0.4, -0.2) is 14.3 Å². The minimum Gasteiger partial charge on any atom is -0.274 e. The maximum absolute atomic E-state index is 13.0. The molecule has 5 heteroatoms. The van der Waals surface area contributed by atoms with Crippen LogP contribution in [0.15, 0.2) is 53.3 Å². The fourth-order valence-corrected chi connectivity index (χ4v) is 3.43. The Morgan fingerprint density at radius 3 is 2.55 bits per heavy atom. The number of rotatable bonds is 8. The summed E-state index contributed by atoms with van der Waals surface area (Å²) in [6.45, 7) is 6.64. The van der Waals surface area contributed by atoms with Gasteiger partial charge in [-0.15, -0.1) is 0 Å². The molecule has 3 aromatic rings. The van der Waals surface area contributed by atoms with Crippen molar-refractivity contribution in [3.63, 3.8) is 0 Å². The summed E-state index contributed by atoms with van der Waals surface area (Å²) in [5.74, 6) is 0.822. The quantitative estimate of drug-likeness (QED) is 0.549. The Morgan fingerprint density at radius 1 is 1.14 bits per heavy atom. The smallest absolute Gasteiger partial charge is 0.274 e. The van der Waals surface area contributed by atoms with Crippen molar-refractivity contribution in [2.24, 2.45) is 0 Å². The molecule has 0 saturated carbocycles. The number of benzene rings is 2. The van der Waals surface area contributed by atoms with E-state index in [1.807, 2.05) is 55.5 Å². The van der Waals surface area contributed by atoms with Crippen molar-refractivity contribution in [2.75, 3.05) is 0 Å². The topological polar surface area (TPSA) is 63.6 Å². The lowest BCUT2D eigenvalue weighted by Gasteiger charge is -2.09. The summed E-state index contributed by atoms with van der Waals surface area (Å²) < 4.78 is 3.37. The van der Waals surface area contributed by atoms with Gasteiger partial charge in [-0.3, -0.25) is 4.57 Å². The summed E-state index contributed by atoms with van der Waals surface area (Å²) in [4.78, 5) is 13.0. The first kappa shape index (κ1) is 20.6. The Hall–Kier alpha value is -3.13. The van der Waals surface area contributed by atoms with E-state index in [9.17, 15) is 10.1 Å². The predicted octanol–water partition coefficient (Wildman–Crippen LogP) is 4.95. The molecule has 1 heterocycles. The monoisotopic (exact) mass is 388 g/mol. The molecule has 0 aliphatic carbocycles. The summed E-state index contributed by atoms with van der Waals surface area (Å²) in [6, 6.07) is 18.1. The van der Waals surface area contributed by atoms with Crippen LogP contribution in [0.1, 0.15) is 63.0 Å². The number of aromatic nitrogens is 3. The van der Waals surface area contributed by atoms with Gasteiger partial charge in [0.15, 0.2) is 0 Å². The van der Waals surface area contributed by atoms with E-state index in [0.717, 1.165) is 48.2 Å². The molecule has 3 rings (SSSR count). The maximum atomic E-state index is 13.0. The highest BCUT2D eigenvalue weighted by atomic mass is 16.2. The summed E-state index contributed by atoms with van der Waals surface area (Å²) in [6.07, 6.45) is 3.68. The highest BCUT2D eigenvalue weighted by Gasteiger charge is 2.17. The number of hydrogen-bond acceptors (Lipinski definition) is 3. The minimum atomic E-state index is -0.0731. The van der Waals surface area contributed by atoms with Crippen LogP contribution >= 0.6 is 0 Å². The van der Waals surface area contributed by atoms with Crippen molar-refractivity contribution in [2.45, 2.75) is 59.0 Å². The van der Waals surface area contributed by atoms with E-state index < -0.39 is 0 Å². The summed E-state index contributed by atoms with van der Waals surface area (Å²) >= 11 is 0. The van der Waals surface area contributed by atoms with Gasteiger partial charge in [0.2, 0.25) is 0 Å². The standard InChI is InChI=1S/C24H28N4O/c1-4-6-12-23-26-28(18(3)5-2)24(29)27(23)17-19-13-14-22(21(15-19)16-25)20-10-8-7-9-11-20/h7-11,13-15,18H,4-6,12,17H2,1-3H3. The molecule has 1 atom stereocenters. The van der Waals surface area contributed by atoms with Crippen molar-refractivity contribution in [1.82, 2.24) is 14.3 Å². The summed E-state index contributed by atoms with van der Waals surface area (Å²) in [7, 11) is 0. The van der Waals surface area contributed by atoms with Crippen LogP contribution in [0.2, 0.25) is 0 Å². The van der Waals surface area contributed by atoms with Gasteiger partial charge in [-0.25, -0.2) is 9.48 Å². The molecule has 5 nitrogen and oxygen atoms in total. The first-order valence-corrected chi connectivity index (χ1v) is 10.4. The van der Waals surface area contributed by atoms with Gasteiger partial charge >= 0.3 is 5.69 Å². The minimum absolute atomic E-state index is 0.0688. The third-order valence-corrected chi connectivity index (χ3v) is 5.35. The molecule has 0 bridgehead atoms. The number of nitrogens with zero attached hydrogens (tertiary/aromatic N) is 4. The van der Waals surface area contributed by atoms with Crippen molar-refractivity contribution in [3.05, 3.63) is 76.0 Å². The third-order valence-electron chi connectivity index (χ3n) is 5.35. The van der Waals surface area contributed by atoms with E-state index in [1.165, 1.54) is 0 Å². The molecule has 0 aliphatic rings. The summed E-state index contributed by atoms with van der Waals surface area (Å²) in [5.41, 5.74) is 3.40. The van der Waals surface area contributed by atoms with Crippen LogP contribution in [-0.2, 0) is 13.0 Å². The highest BCUT2D eigenvalue weighted by molar-refractivity contribution is 5.70. The fourth-order valence-electron chi connectivity index (χ4n) is 3.43. The van der Waals surface area contributed by atoms with Crippen LogP contribution in [0.25, 0.3) is 11.1 Å². The van der Waals surface area contributed by atoms with Crippen LogP contribution in [0, 0.1) is 11.3 Å². The molecule has 0 aliphatic heterocycles. The normalized spacial score (nSPS) is 11.9. The average Bonchev–Trinajstić information content (AvgIpc) is 3.07. The van der Waals surface area contributed by atoms with E-state index in [4.69, 9.17) is 0 Å². The molecule has 1 aromatic heterocycles. The second-order valence-corrected chi connectivity index (χ2v) is 7.45. The van der Waals surface area contributed by atoms with Crippen molar-refractivity contribution < 1.29 is 0 Å². The van der Waals surface area contributed by atoms with Gasteiger partial charge in [0.25, 0.3) is 0 Å². The molecule has 29 heavy (non-hydrogen) atoms. The van der Waals surface area contributed by atoms with E-state index in [2.05, 4.69) is 25.0 Å². The Bertz CT molecular complexity index is 1060. The second kappa shape index (κ2) is 9.38. The lowest BCUT2D eigenvalue weighted by molar-refractivity contribution is 0.456. The van der Waals surface area contributed by atoms with Crippen LogP contribution in [0.4, 0.5) is 0 Å². The first-order valence-electron chi connectivity index (χ1n) is 10.4. The molecule has 150 valence electrons. The largest absolute Gasteiger partial charge is 0.346 e. The summed E-state index contributed by atoms with van der Waals surface area (Å²) in [5, 5.41) is 14.3. The van der Waals surface area contributed by atoms with Gasteiger partial charge in [0.1, 0.15) is 5.82 Å². The molecular weight excluding hydrogens is 360 g/mol. The van der Waals surface area contributed by atoms with E-state index in [1.54, 1.807) is 9.25 Å². The third kappa shape index (κ3) is 4.48. The fraction of sp³-hybridized carbons (Fsp3) is 0.375. The van der Waals surface area contributed by atoms with Gasteiger partial charge in [-0.05, 0) is 42.5 Å². The van der Waals surface area contributed by atoms with Gasteiger partial charge in [-0.1, -0.05) is 62.7 Å². The maximum Gasteiger partial charge on any atom is 0.346 e. The second-order valence-electron chi connectivity index (χ2n) is 7.45. The number of aryl methyl sites for hydroxylation is 1. The van der Waals surface area contributed by atoms with Crippen molar-refractivity contribution in [3.8, 4) is 17.2 Å². The molecule has 0 saturated heterocycles. The van der Waals surface area contributed by atoms with Crippen LogP contribution in [0.5, 0.6) is 0 Å². The van der Waals surface area contributed by atoms with Crippen LogP contribution in [0.3, 0.4) is 0 Å². The van der Waals surface area contributed by atoms with Crippen molar-refractivity contribution >= 4 is 0 Å². The molecule has 1 unspecified atom stereocenters. The Balaban J connectivity index is 1.98. The van der Waals surface area contributed by atoms with E-state index >= 15 is 0 Å². The molecule has 0 amide bonds. The zero-order valence-corrected chi connectivity index (χ0v) is 17.4. The van der Waals surface area contributed by atoms with Crippen LogP contribution < -0.4 is 5.69 Å². The van der Waals surface area contributed by atoms with Gasteiger partial charge in [0, 0.05) is 6.42 Å². The molecule has 0 spiro atoms. The van der Waals surface area contributed by atoms with E-state index in [0.29, 0.717) is 12.1 Å². The molecule has 0 fully saturated rings. The number of unbranched alkanes of at least 4 members (excludes halogenated alkanes) is 1. The van der Waals surface area contributed by atoms with Gasteiger partial charge in [0.05, 0.1) is 24.2 Å². The Morgan fingerprint density at radius 2 is 1.90 bits per heavy atom. The molecule has 0 N–H and O–H groups in total. The lowest BCUT2D eigenvalue weighted by Crippen LogP contribution is -2.27. The van der Waals surface area contributed by atoms with Gasteiger partial charge in [-0.2, -0.15) is 10.4 Å². The number of hydrogen-bond donors (Lipinski definition) is 0. The lowest BCUT2D eigenvalue weighted by atomic mass is 9.98. The van der Waals surface area contributed by atoms with E-state index in [-0.39, 0.29) is 11.7 Å². The first-order chi connectivity index (χ1) is 14.1. The average molecular weight is 389 g/mol. The number of nitriles is 1.